The number of thioether (sulfide) groups is 1. The lowest BCUT2D eigenvalue weighted by atomic mass is 10.1. The van der Waals surface area contributed by atoms with E-state index in [0.29, 0.717) is 11.7 Å². The molecule has 0 radical (unpaired) electrons. The average Bonchev–Trinajstić information content (AvgIpc) is 3.18. The van der Waals surface area contributed by atoms with E-state index in [1.165, 1.54) is 11.8 Å². The molecule has 2 aliphatic rings. The van der Waals surface area contributed by atoms with Gasteiger partial charge in [0.15, 0.2) is 5.17 Å². The normalized spacial score (nSPS) is 24.6. The molecule has 0 saturated carbocycles. The second kappa shape index (κ2) is 8.01. The summed E-state index contributed by atoms with van der Waals surface area (Å²) >= 11 is 1.32. The molecule has 2 unspecified atom stereocenters. The van der Waals surface area contributed by atoms with Gasteiger partial charge >= 0.3 is 0 Å². The molecule has 0 aliphatic carbocycles. The van der Waals surface area contributed by atoms with Crippen molar-refractivity contribution in [1.82, 2.24) is 5.32 Å². The van der Waals surface area contributed by atoms with E-state index in [1.54, 1.807) is 0 Å². The van der Waals surface area contributed by atoms with Crippen molar-refractivity contribution in [1.29, 1.82) is 0 Å². The molecule has 1 aromatic rings. The van der Waals surface area contributed by atoms with Crippen LogP contribution >= 0.6 is 11.8 Å². The van der Waals surface area contributed by atoms with Gasteiger partial charge in [0.2, 0.25) is 11.8 Å². The Morgan fingerprint density at radius 3 is 3.00 bits per heavy atom. The van der Waals surface area contributed by atoms with Crippen molar-refractivity contribution in [3.05, 3.63) is 29.3 Å². The summed E-state index contributed by atoms with van der Waals surface area (Å²) in [7, 11) is 0. The number of amidine groups is 1. The van der Waals surface area contributed by atoms with Crippen LogP contribution in [0.25, 0.3) is 0 Å². The van der Waals surface area contributed by atoms with Crippen LogP contribution in [0.1, 0.15) is 30.4 Å². The number of anilines is 1. The first kappa shape index (κ1) is 17.9. The molecule has 2 fully saturated rings. The van der Waals surface area contributed by atoms with Gasteiger partial charge in [-0.05, 0) is 38.3 Å². The molecule has 2 aliphatic heterocycles. The van der Waals surface area contributed by atoms with Crippen molar-refractivity contribution in [2.45, 2.75) is 44.5 Å². The summed E-state index contributed by atoms with van der Waals surface area (Å²) in [5.74, 6) is -0.327. The molecule has 0 bridgehead atoms. The predicted molar refractivity (Wildman–Crippen MR) is 100.0 cm³/mol. The first-order chi connectivity index (χ1) is 12.0. The lowest BCUT2D eigenvalue weighted by Gasteiger charge is -2.10. The fourth-order valence-corrected chi connectivity index (χ4v) is 3.89. The van der Waals surface area contributed by atoms with Gasteiger partial charge in [0.05, 0.1) is 12.6 Å². The molecule has 2 heterocycles. The van der Waals surface area contributed by atoms with E-state index < -0.39 is 5.25 Å². The number of aliphatic imine (C=N–C) groups is 1. The Balaban J connectivity index is 1.52. The number of hydrogen-bond donors (Lipinski definition) is 2. The second-order valence-electron chi connectivity index (χ2n) is 6.45. The third-order valence-corrected chi connectivity index (χ3v) is 5.39. The number of ether oxygens (including phenoxy) is 1. The summed E-state index contributed by atoms with van der Waals surface area (Å²) < 4.78 is 5.52. The highest BCUT2D eigenvalue weighted by Crippen LogP contribution is 2.24. The molecule has 2 amide bonds. The van der Waals surface area contributed by atoms with Crippen molar-refractivity contribution < 1.29 is 14.3 Å². The van der Waals surface area contributed by atoms with Gasteiger partial charge in [-0.15, -0.1) is 0 Å². The SMILES string of the molecule is Cc1ccc(NC(=O)CC2SC(=NCC3CCCO3)NC2=O)c(C)c1. The fraction of sp³-hybridized carbons (Fsp3) is 0.500. The Kier molecular flexibility index (Phi) is 5.75. The second-order valence-corrected chi connectivity index (χ2v) is 7.64. The van der Waals surface area contributed by atoms with Gasteiger partial charge in [-0.3, -0.25) is 14.6 Å². The Morgan fingerprint density at radius 2 is 2.28 bits per heavy atom. The minimum absolute atomic E-state index is 0.128. The number of nitrogens with one attached hydrogen (secondary N) is 2. The van der Waals surface area contributed by atoms with E-state index in [1.807, 2.05) is 32.0 Å². The van der Waals surface area contributed by atoms with Crippen molar-refractivity contribution in [3.63, 3.8) is 0 Å². The average molecular weight is 361 g/mol. The first-order valence-corrected chi connectivity index (χ1v) is 9.40. The van der Waals surface area contributed by atoms with Gasteiger partial charge in [0, 0.05) is 18.7 Å². The number of carbonyl (C=O) groups is 2. The van der Waals surface area contributed by atoms with Crippen LogP contribution < -0.4 is 10.6 Å². The van der Waals surface area contributed by atoms with Crippen LogP contribution in [0.3, 0.4) is 0 Å². The van der Waals surface area contributed by atoms with Gasteiger partial charge < -0.3 is 15.4 Å². The Labute approximate surface area is 151 Å². The smallest absolute Gasteiger partial charge is 0.240 e. The summed E-state index contributed by atoms with van der Waals surface area (Å²) in [6.45, 7) is 5.31. The summed E-state index contributed by atoms with van der Waals surface area (Å²) in [6, 6.07) is 5.86. The lowest BCUT2D eigenvalue weighted by Crippen LogP contribution is -2.28. The largest absolute Gasteiger partial charge is 0.376 e. The molecule has 2 atom stereocenters. The van der Waals surface area contributed by atoms with Crippen molar-refractivity contribution in [2.75, 3.05) is 18.5 Å². The quantitative estimate of drug-likeness (QED) is 0.844. The highest BCUT2D eigenvalue weighted by Gasteiger charge is 2.32. The molecular weight excluding hydrogens is 338 g/mol. The van der Waals surface area contributed by atoms with Gasteiger partial charge in [-0.25, -0.2) is 0 Å². The topological polar surface area (TPSA) is 79.8 Å². The van der Waals surface area contributed by atoms with E-state index in [9.17, 15) is 9.59 Å². The molecule has 2 saturated heterocycles. The van der Waals surface area contributed by atoms with Gasteiger partial charge in [-0.1, -0.05) is 29.5 Å². The molecule has 1 aromatic carbocycles. The maximum Gasteiger partial charge on any atom is 0.240 e. The number of hydrogen-bond acceptors (Lipinski definition) is 5. The van der Waals surface area contributed by atoms with E-state index in [4.69, 9.17) is 4.74 Å². The number of carbonyl (C=O) groups excluding carboxylic acids is 2. The van der Waals surface area contributed by atoms with Crippen LogP contribution in [0.2, 0.25) is 0 Å². The van der Waals surface area contributed by atoms with Gasteiger partial charge in [-0.2, -0.15) is 0 Å². The number of rotatable bonds is 5. The molecule has 2 N–H and O–H groups in total. The molecule has 3 rings (SSSR count). The van der Waals surface area contributed by atoms with Crippen LogP contribution in [0.15, 0.2) is 23.2 Å². The number of benzene rings is 1. The third kappa shape index (κ3) is 4.83. The summed E-state index contributed by atoms with van der Waals surface area (Å²) in [5.41, 5.74) is 2.94. The molecule has 6 nitrogen and oxygen atoms in total. The van der Waals surface area contributed by atoms with Crippen molar-refractivity contribution in [2.24, 2.45) is 4.99 Å². The van der Waals surface area contributed by atoms with Crippen LogP contribution in [-0.2, 0) is 14.3 Å². The Morgan fingerprint density at radius 1 is 1.44 bits per heavy atom. The van der Waals surface area contributed by atoms with Crippen LogP contribution in [0.5, 0.6) is 0 Å². The van der Waals surface area contributed by atoms with Crippen molar-refractivity contribution >= 4 is 34.4 Å². The number of aryl methyl sites for hydroxylation is 2. The summed E-state index contributed by atoms with van der Waals surface area (Å²) in [6.07, 6.45) is 2.35. The minimum atomic E-state index is -0.436. The molecule has 0 spiro atoms. The molecule has 7 heteroatoms. The molecular formula is C18H23N3O3S. The fourth-order valence-electron chi connectivity index (χ4n) is 2.91. The molecule has 0 aromatic heterocycles. The standard InChI is InChI=1S/C18H23N3O3S/c1-11-5-6-14(12(2)8-11)20-16(22)9-15-17(23)21-18(25-15)19-10-13-4-3-7-24-13/h5-6,8,13,15H,3-4,7,9-10H2,1-2H3,(H,20,22)(H,19,21,23). The maximum atomic E-state index is 12.3. The highest BCUT2D eigenvalue weighted by molar-refractivity contribution is 8.15. The maximum absolute atomic E-state index is 12.3. The lowest BCUT2D eigenvalue weighted by molar-refractivity contribution is -0.122. The zero-order valence-electron chi connectivity index (χ0n) is 14.5. The van der Waals surface area contributed by atoms with Gasteiger partial charge in [0.25, 0.3) is 0 Å². The monoisotopic (exact) mass is 361 g/mol. The Bertz CT molecular complexity index is 699. The van der Waals surface area contributed by atoms with Crippen LogP contribution in [0, 0.1) is 13.8 Å². The zero-order valence-corrected chi connectivity index (χ0v) is 15.3. The first-order valence-electron chi connectivity index (χ1n) is 8.52. The van der Waals surface area contributed by atoms with Crippen molar-refractivity contribution in [3.8, 4) is 0 Å². The van der Waals surface area contributed by atoms with Crippen LogP contribution in [0.4, 0.5) is 5.69 Å². The third-order valence-electron chi connectivity index (χ3n) is 4.27. The molecule has 25 heavy (non-hydrogen) atoms. The number of amides is 2. The van der Waals surface area contributed by atoms with Gasteiger partial charge in [0.1, 0.15) is 5.25 Å². The van der Waals surface area contributed by atoms with E-state index in [-0.39, 0.29) is 24.3 Å². The van der Waals surface area contributed by atoms with E-state index in [2.05, 4.69) is 15.6 Å². The van der Waals surface area contributed by atoms with Crippen LogP contribution in [-0.4, -0.2) is 41.5 Å². The highest BCUT2D eigenvalue weighted by atomic mass is 32.2. The summed E-state index contributed by atoms with van der Waals surface area (Å²) in [4.78, 5) is 28.7. The minimum Gasteiger partial charge on any atom is -0.376 e. The zero-order chi connectivity index (χ0) is 17.8. The predicted octanol–water partition coefficient (Wildman–Crippen LogP) is 2.40. The molecule has 134 valence electrons. The van der Waals surface area contributed by atoms with E-state index in [0.717, 1.165) is 36.3 Å². The number of nitrogens with zero attached hydrogens (tertiary/aromatic N) is 1. The Hall–Kier alpha value is -1.86. The summed E-state index contributed by atoms with van der Waals surface area (Å²) in [5, 5.41) is 5.79. The van der Waals surface area contributed by atoms with E-state index >= 15 is 0 Å².